The molecule has 0 radical (unpaired) electrons. The SMILES string of the molecule is CCOC(=O)C1=C(N)OC2=C(C(=O)CCC2)C1c1ccc(CC)s1. The van der Waals surface area contributed by atoms with Gasteiger partial charge < -0.3 is 15.2 Å². The average Bonchev–Trinajstić information content (AvgIpc) is 3.02. The Morgan fingerprint density at radius 2 is 2.17 bits per heavy atom. The van der Waals surface area contributed by atoms with Crippen LogP contribution < -0.4 is 5.73 Å². The lowest BCUT2D eigenvalue weighted by Gasteiger charge is -2.31. The summed E-state index contributed by atoms with van der Waals surface area (Å²) in [4.78, 5) is 27.2. The van der Waals surface area contributed by atoms with Gasteiger partial charge in [-0.3, -0.25) is 4.79 Å². The number of hydrogen-bond acceptors (Lipinski definition) is 6. The summed E-state index contributed by atoms with van der Waals surface area (Å²) in [5, 5.41) is 0. The first kappa shape index (κ1) is 16.8. The zero-order valence-electron chi connectivity index (χ0n) is 13.9. The van der Waals surface area contributed by atoms with Crippen LogP contribution in [-0.4, -0.2) is 18.4 Å². The molecule has 0 saturated carbocycles. The molecule has 3 rings (SSSR count). The fourth-order valence-electron chi connectivity index (χ4n) is 3.19. The number of hydrogen-bond donors (Lipinski definition) is 1. The number of ketones is 1. The van der Waals surface area contributed by atoms with Crippen molar-refractivity contribution in [1.82, 2.24) is 0 Å². The van der Waals surface area contributed by atoms with Gasteiger partial charge in [-0.05, 0) is 31.9 Å². The fraction of sp³-hybridized carbons (Fsp3) is 0.444. The summed E-state index contributed by atoms with van der Waals surface area (Å²) < 4.78 is 10.8. The molecule has 1 aliphatic heterocycles. The molecule has 2 aliphatic rings. The van der Waals surface area contributed by atoms with Gasteiger partial charge in [-0.1, -0.05) is 6.92 Å². The van der Waals surface area contributed by atoms with E-state index >= 15 is 0 Å². The first-order chi connectivity index (χ1) is 11.6. The van der Waals surface area contributed by atoms with E-state index in [2.05, 4.69) is 6.92 Å². The molecule has 6 heteroatoms. The largest absolute Gasteiger partial charge is 0.462 e. The number of rotatable bonds is 4. The third kappa shape index (κ3) is 2.86. The number of allylic oxidation sites excluding steroid dienone is 2. The van der Waals surface area contributed by atoms with Crippen LogP contribution in [0.15, 0.2) is 34.9 Å². The third-order valence-electron chi connectivity index (χ3n) is 4.30. The number of Topliss-reactive ketones (excluding diaryl/α,β-unsaturated/α-hetero) is 1. The van der Waals surface area contributed by atoms with E-state index in [4.69, 9.17) is 15.2 Å². The second-order valence-electron chi connectivity index (χ2n) is 5.80. The number of nitrogens with two attached hydrogens (primary N) is 1. The van der Waals surface area contributed by atoms with Crippen molar-refractivity contribution < 1.29 is 19.1 Å². The van der Waals surface area contributed by atoms with Gasteiger partial charge in [0, 0.05) is 28.2 Å². The molecule has 128 valence electrons. The van der Waals surface area contributed by atoms with Crippen LogP contribution >= 0.6 is 11.3 Å². The van der Waals surface area contributed by atoms with E-state index in [1.807, 2.05) is 12.1 Å². The highest BCUT2D eigenvalue weighted by atomic mass is 32.1. The summed E-state index contributed by atoms with van der Waals surface area (Å²) in [7, 11) is 0. The van der Waals surface area contributed by atoms with E-state index in [9.17, 15) is 9.59 Å². The summed E-state index contributed by atoms with van der Waals surface area (Å²) in [6.45, 7) is 4.06. The van der Waals surface area contributed by atoms with Crippen molar-refractivity contribution >= 4 is 23.1 Å². The average molecular weight is 347 g/mol. The van der Waals surface area contributed by atoms with Crippen molar-refractivity contribution in [2.45, 2.75) is 45.4 Å². The third-order valence-corrected chi connectivity index (χ3v) is 5.59. The first-order valence-corrected chi connectivity index (χ1v) is 9.07. The minimum atomic E-state index is -0.517. The van der Waals surface area contributed by atoms with E-state index in [0.717, 1.165) is 17.7 Å². The number of carbonyl (C=O) groups excluding carboxylic acids is 2. The number of thiophene rings is 1. The van der Waals surface area contributed by atoms with Crippen LogP contribution in [0.4, 0.5) is 0 Å². The predicted octanol–water partition coefficient (Wildman–Crippen LogP) is 3.16. The van der Waals surface area contributed by atoms with E-state index in [0.29, 0.717) is 24.2 Å². The van der Waals surface area contributed by atoms with Gasteiger partial charge >= 0.3 is 5.97 Å². The smallest absolute Gasteiger partial charge is 0.340 e. The van der Waals surface area contributed by atoms with Gasteiger partial charge in [0.1, 0.15) is 11.3 Å². The molecular formula is C18H21NO4S. The van der Waals surface area contributed by atoms with E-state index < -0.39 is 11.9 Å². The Morgan fingerprint density at radius 1 is 1.38 bits per heavy atom. The van der Waals surface area contributed by atoms with Crippen LogP contribution in [-0.2, 0) is 25.5 Å². The minimum absolute atomic E-state index is 0.0296. The molecule has 2 heterocycles. The van der Waals surface area contributed by atoms with Gasteiger partial charge in [0.25, 0.3) is 0 Å². The van der Waals surface area contributed by atoms with Gasteiger partial charge in [-0.2, -0.15) is 0 Å². The van der Waals surface area contributed by atoms with Crippen LogP contribution in [0, 0.1) is 0 Å². The molecular weight excluding hydrogens is 326 g/mol. The minimum Gasteiger partial charge on any atom is -0.462 e. The summed E-state index contributed by atoms with van der Waals surface area (Å²) >= 11 is 1.60. The zero-order chi connectivity index (χ0) is 17.3. The molecule has 24 heavy (non-hydrogen) atoms. The maximum Gasteiger partial charge on any atom is 0.340 e. The monoisotopic (exact) mass is 347 g/mol. The van der Waals surface area contributed by atoms with Gasteiger partial charge in [0.05, 0.1) is 12.5 Å². The Kier molecular flexibility index (Phi) is 4.76. The van der Waals surface area contributed by atoms with Crippen LogP contribution in [0.1, 0.15) is 48.8 Å². The molecule has 1 aliphatic carbocycles. The van der Waals surface area contributed by atoms with Gasteiger partial charge in [0.15, 0.2) is 5.78 Å². The summed E-state index contributed by atoms with van der Waals surface area (Å²) in [6, 6.07) is 4.00. The van der Waals surface area contributed by atoms with Crippen LogP contribution in [0.5, 0.6) is 0 Å². The molecule has 0 aromatic carbocycles. The standard InChI is InChI=1S/C18H21NO4S/c1-3-10-8-9-13(24-10)15-14-11(20)6-5-7-12(14)23-17(19)16(15)18(21)22-4-2/h8-9,15H,3-7,19H2,1-2H3. The Balaban J connectivity index is 2.13. The van der Waals surface area contributed by atoms with Crippen LogP contribution in [0.25, 0.3) is 0 Å². The van der Waals surface area contributed by atoms with Gasteiger partial charge in [-0.25, -0.2) is 4.79 Å². The number of esters is 1. The molecule has 0 saturated heterocycles. The van der Waals surface area contributed by atoms with Crippen molar-refractivity contribution in [3.8, 4) is 0 Å². The fourth-order valence-corrected chi connectivity index (χ4v) is 4.26. The van der Waals surface area contributed by atoms with Gasteiger partial charge in [-0.15, -0.1) is 11.3 Å². The summed E-state index contributed by atoms with van der Waals surface area (Å²) in [6.07, 6.45) is 2.79. The number of aryl methyl sites for hydroxylation is 1. The van der Waals surface area contributed by atoms with Crippen molar-refractivity contribution in [2.24, 2.45) is 5.73 Å². The predicted molar refractivity (Wildman–Crippen MR) is 91.3 cm³/mol. The Morgan fingerprint density at radius 3 is 2.83 bits per heavy atom. The molecule has 2 N–H and O–H groups in total. The Bertz CT molecular complexity index is 744. The molecule has 0 spiro atoms. The highest BCUT2D eigenvalue weighted by molar-refractivity contribution is 7.12. The second kappa shape index (κ2) is 6.81. The Hall–Kier alpha value is -2.08. The van der Waals surface area contributed by atoms with E-state index in [1.54, 1.807) is 18.3 Å². The lowest BCUT2D eigenvalue weighted by Crippen LogP contribution is -2.31. The normalized spacial score (nSPS) is 20.8. The van der Waals surface area contributed by atoms with Crippen molar-refractivity contribution in [3.05, 3.63) is 44.7 Å². The molecule has 5 nitrogen and oxygen atoms in total. The molecule has 0 amide bonds. The van der Waals surface area contributed by atoms with Crippen molar-refractivity contribution in [3.63, 3.8) is 0 Å². The topological polar surface area (TPSA) is 78.6 Å². The Labute approximate surface area is 145 Å². The van der Waals surface area contributed by atoms with Crippen molar-refractivity contribution in [1.29, 1.82) is 0 Å². The number of carbonyl (C=O) groups is 2. The first-order valence-electron chi connectivity index (χ1n) is 8.26. The highest BCUT2D eigenvalue weighted by Crippen LogP contribution is 2.45. The molecule has 1 aromatic heterocycles. The molecule has 1 unspecified atom stereocenters. The lowest BCUT2D eigenvalue weighted by molar-refractivity contribution is -0.139. The molecule has 0 fully saturated rings. The van der Waals surface area contributed by atoms with E-state index in [1.165, 1.54) is 4.88 Å². The van der Waals surface area contributed by atoms with Crippen LogP contribution in [0.3, 0.4) is 0 Å². The van der Waals surface area contributed by atoms with Crippen molar-refractivity contribution in [2.75, 3.05) is 6.61 Å². The summed E-state index contributed by atoms with van der Waals surface area (Å²) in [5.74, 6) is -0.309. The van der Waals surface area contributed by atoms with E-state index in [-0.39, 0.29) is 23.8 Å². The summed E-state index contributed by atoms with van der Waals surface area (Å²) in [5.41, 5.74) is 6.86. The quantitative estimate of drug-likeness (QED) is 0.847. The highest BCUT2D eigenvalue weighted by Gasteiger charge is 2.41. The number of ether oxygens (including phenoxy) is 2. The molecule has 1 atom stereocenters. The maximum absolute atomic E-state index is 12.6. The second-order valence-corrected chi connectivity index (χ2v) is 7.00. The lowest BCUT2D eigenvalue weighted by atomic mass is 9.80. The van der Waals surface area contributed by atoms with Crippen LogP contribution in [0.2, 0.25) is 0 Å². The van der Waals surface area contributed by atoms with Gasteiger partial charge in [0.2, 0.25) is 5.88 Å². The molecule has 1 aromatic rings. The zero-order valence-corrected chi connectivity index (χ0v) is 14.7. The molecule has 0 bridgehead atoms. The maximum atomic E-state index is 12.6.